The van der Waals surface area contributed by atoms with E-state index in [1.807, 2.05) is 5.57 Å². The Morgan fingerprint density at radius 2 is 1.96 bits per heavy atom. The Balaban J connectivity index is 0.000000485. The van der Waals surface area contributed by atoms with Crippen LogP contribution in [0.1, 0.15) is 58.3 Å². The fourth-order valence-corrected chi connectivity index (χ4v) is 6.22. The van der Waals surface area contributed by atoms with Gasteiger partial charge in [0.2, 0.25) is 0 Å². The summed E-state index contributed by atoms with van der Waals surface area (Å²) in [4.78, 5) is 0. The van der Waals surface area contributed by atoms with Gasteiger partial charge in [0.25, 0.3) is 0 Å². The molecule has 1 nitrogen and oxygen atoms in total. The smallest absolute Gasteiger partial charge is 0.0351 e. The van der Waals surface area contributed by atoms with Gasteiger partial charge < -0.3 is 4.74 Å². The molecule has 0 radical (unpaired) electrons. The summed E-state index contributed by atoms with van der Waals surface area (Å²) in [7, 11) is 3.25. The Morgan fingerprint density at radius 3 is 2.70 bits per heavy atom. The molecule has 5 atom stereocenters. The summed E-state index contributed by atoms with van der Waals surface area (Å²) in [6, 6.07) is 0. The van der Waals surface area contributed by atoms with Crippen molar-refractivity contribution >= 4 is 0 Å². The summed E-state index contributed by atoms with van der Waals surface area (Å²) in [5.41, 5.74) is 3.86. The lowest BCUT2D eigenvalue weighted by molar-refractivity contribution is 0.0105. The molecule has 3 unspecified atom stereocenters. The summed E-state index contributed by atoms with van der Waals surface area (Å²) < 4.78 is 4.25. The molecule has 2 fully saturated rings. The minimum atomic E-state index is 0.457. The third-order valence-corrected chi connectivity index (χ3v) is 7.24. The van der Waals surface area contributed by atoms with E-state index in [9.17, 15) is 0 Å². The Labute approximate surface area is 142 Å². The highest BCUT2D eigenvalue weighted by molar-refractivity contribution is 5.33. The molecule has 0 aliphatic heterocycles. The molecule has 128 valence electrons. The van der Waals surface area contributed by atoms with Gasteiger partial charge in [0.15, 0.2) is 0 Å². The zero-order chi connectivity index (χ0) is 16.4. The first-order valence-corrected chi connectivity index (χ1v) is 9.57. The van der Waals surface area contributed by atoms with Gasteiger partial charge in [0.05, 0.1) is 0 Å². The van der Waals surface area contributed by atoms with Crippen LogP contribution in [0, 0.1) is 29.1 Å². The molecule has 0 N–H and O–H groups in total. The van der Waals surface area contributed by atoms with Crippen LogP contribution in [-0.2, 0) is 4.74 Å². The maximum absolute atomic E-state index is 4.25. The van der Waals surface area contributed by atoms with Gasteiger partial charge in [-0.3, -0.25) is 0 Å². The quantitative estimate of drug-likeness (QED) is 0.545. The van der Waals surface area contributed by atoms with Crippen molar-refractivity contribution in [2.24, 2.45) is 29.1 Å². The van der Waals surface area contributed by atoms with E-state index < -0.39 is 0 Å². The third-order valence-electron chi connectivity index (χ3n) is 7.24. The summed E-state index contributed by atoms with van der Waals surface area (Å²) >= 11 is 0. The molecule has 4 aliphatic carbocycles. The molecule has 23 heavy (non-hydrogen) atoms. The first-order valence-electron chi connectivity index (χ1n) is 9.57. The van der Waals surface area contributed by atoms with Crippen LogP contribution < -0.4 is 0 Å². The highest BCUT2D eigenvalue weighted by atomic mass is 16.4. The Bertz CT molecular complexity index is 500. The van der Waals surface area contributed by atoms with Gasteiger partial charge in [-0.25, -0.2) is 0 Å². The Hall–Kier alpha value is -0.820. The topological polar surface area (TPSA) is 9.23 Å². The number of fused-ring (bicyclic) bond motifs is 5. The Morgan fingerprint density at radius 1 is 1.17 bits per heavy atom. The summed E-state index contributed by atoms with van der Waals surface area (Å²) in [6.45, 7) is 6.60. The zero-order valence-corrected chi connectivity index (χ0v) is 15.3. The van der Waals surface area contributed by atoms with Crippen molar-refractivity contribution in [3.8, 4) is 0 Å². The van der Waals surface area contributed by atoms with Crippen molar-refractivity contribution in [3.05, 3.63) is 36.0 Å². The molecule has 0 aromatic rings. The van der Waals surface area contributed by atoms with Crippen LogP contribution in [0.25, 0.3) is 0 Å². The van der Waals surface area contributed by atoms with Gasteiger partial charge in [0, 0.05) is 14.2 Å². The summed E-state index contributed by atoms with van der Waals surface area (Å²) in [5.74, 6) is 3.87. The van der Waals surface area contributed by atoms with Crippen LogP contribution >= 0.6 is 0 Å². The molecule has 2 saturated carbocycles. The molecule has 4 aliphatic rings. The molecule has 0 aromatic heterocycles. The third kappa shape index (κ3) is 2.86. The number of allylic oxidation sites excluding steroid dienone is 5. The van der Waals surface area contributed by atoms with E-state index in [0.29, 0.717) is 5.41 Å². The summed E-state index contributed by atoms with van der Waals surface area (Å²) in [5, 5.41) is 0. The maximum atomic E-state index is 4.25. The predicted molar refractivity (Wildman–Crippen MR) is 98.3 cm³/mol. The molecule has 1 heteroatoms. The largest absolute Gasteiger partial charge is 0.388 e. The second-order valence-electron chi connectivity index (χ2n) is 8.25. The molecule has 0 saturated heterocycles. The van der Waals surface area contributed by atoms with Gasteiger partial charge in [-0.15, -0.1) is 0 Å². The monoisotopic (exact) mass is 314 g/mol. The molecular weight excluding hydrogens is 280 g/mol. The maximum Gasteiger partial charge on any atom is 0.0351 e. The van der Waals surface area contributed by atoms with Crippen LogP contribution in [0.5, 0.6) is 0 Å². The first kappa shape index (κ1) is 17.0. The minimum Gasteiger partial charge on any atom is -0.388 e. The number of rotatable bonds is 1. The zero-order valence-electron chi connectivity index (χ0n) is 15.3. The van der Waals surface area contributed by atoms with Crippen LogP contribution in [-0.4, -0.2) is 14.2 Å². The van der Waals surface area contributed by atoms with E-state index in [2.05, 4.69) is 36.5 Å². The molecule has 0 spiro atoms. The van der Waals surface area contributed by atoms with E-state index in [-0.39, 0.29) is 0 Å². The Kier molecular flexibility index (Phi) is 5.16. The van der Waals surface area contributed by atoms with Gasteiger partial charge in [-0.1, -0.05) is 37.3 Å². The number of ether oxygens (including phenoxy) is 1. The number of hydrogen-bond acceptors (Lipinski definition) is 1. The number of hydrogen-bond donors (Lipinski definition) is 0. The van der Waals surface area contributed by atoms with Gasteiger partial charge in [-0.2, -0.15) is 0 Å². The lowest BCUT2D eigenvalue weighted by atomic mass is 9.51. The fraction of sp³-hybridized carbons (Fsp3) is 0.727. The second-order valence-corrected chi connectivity index (χ2v) is 8.25. The molecular formula is C22H34O. The van der Waals surface area contributed by atoms with Crippen molar-refractivity contribution in [3.63, 3.8) is 0 Å². The van der Waals surface area contributed by atoms with Gasteiger partial charge in [-0.05, 0) is 86.0 Å². The van der Waals surface area contributed by atoms with E-state index in [1.165, 1.54) is 51.4 Å². The first-order chi connectivity index (χ1) is 11.2. The molecule has 0 aromatic carbocycles. The van der Waals surface area contributed by atoms with Gasteiger partial charge >= 0.3 is 0 Å². The van der Waals surface area contributed by atoms with Crippen molar-refractivity contribution < 1.29 is 4.74 Å². The van der Waals surface area contributed by atoms with Crippen LogP contribution in [0.2, 0.25) is 0 Å². The summed E-state index contributed by atoms with van der Waals surface area (Å²) in [6.07, 6.45) is 18.6. The highest BCUT2D eigenvalue weighted by Gasteiger charge is 2.52. The molecule has 0 heterocycles. The normalized spacial score (nSPS) is 41.3. The fourth-order valence-electron chi connectivity index (χ4n) is 6.22. The van der Waals surface area contributed by atoms with E-state index in [4.69, 9.17) is 0 Å². The highest BCUT2D eigenvalue weighted by Crippen LogP contribution is 2.62. The van der Waals surface area contributed by atoms with Crippen molar-refractivity contribution in [1.82, 2.24) is 0 Å². The predicted octanol–water partition coefficient (Wildman–Crippen LogP) is 5.93. The molecule has 4 rings (SSSR count). The average molecular weight is 315 g/mol. The van der Waals surface area contributed by atoms with Gasteiger partial charge in [0.1, 0.15) is 0 Å². The average Bonchev–Trinajstić information content (AvgIpc) is 2.91. The van der Waals surface area contributed by atoms with Crippen molar-refractivity contribution in [1.29, 1.82) is 0 Å². The molecule has 0 amide bonds. The lowest BCUT2D eigenvalue weighted by Gasteiger charge is -2.53. The van der Waals surface area contributed by atoms with E-state index >= 15 is 0 Å². The van der Waals surface area contributed by atoms with Crippen LogP contribution in [0.4, 0.5) is 0 Å². The van der Waals surface area contributed by atoms with Crippen molar-refractivity contribution in [2.45, 2.75) is 58.3 Å². The molecule has 0 bridgehead atoms. The van der Waals surface area contributed by atoms with E-state index in [0.717, 1.165) is 23.7 Å². The standard InChI is InChI=1S/C20H28.C2H6O/c1-3-15-9-11-19-18-10-8-14-6-4-5-7-16(14)17(18)12-13-20(15,19)2;1-3-2/h3,6,9,16-19H,1,4-5,7-8,10-13H2,2H3;1-2H3/t16-,17?,18?,19?,20+;/m0./s1. The number of methoxy groups -OCH3 is 1. The SMILES string of the molecule is C=CC1=CCC2C3CCC4=CCCC[C@@H]4C3CC[C@]12C.COC. The minimum absolute atomic E-state index is 0.457. The lowest BCUT2D eigenvalue weighted by Crippen LogP contribution is -2.45. The van der Waals surface area contributed by atoms with E-state index in [1.54, 1.807) is 19.8 Å². The van der Waals surface area contributed by atoms with Crippen molar-refractivity contribution in [2.75, 3.05) is 14.2 Å². The van der Waals surface area contributed by atoms with Crippen LogP contribution in [0.3, 0.4) is 0 Å². The second kappa shape index (κ2) is 6.97. The van der Waals surface area contributed by atoms with Crippen LogP contribution in [0.15, 0.2) is 36.0 Å².